The molecule has 1 N–H and O–H groups in total. The lowest BCUT2D eigenvalue weighted by Gasteiger charge is -2.32. The number of carbonyl (C=O) groups is 1. The molecule has 3 heterocycles. The maximum Gasteiger partial charge on any atom is 0.246 e. The van der Waals surface area contributed by atoms with Crippen LogP contribution in [0.25, 0.3) is 6.08 Å². The summed E-state index contributed by atoms with van der Waals surface area (Å²) in [7, 11) is 0. The van der Waals surface area contributed by atoms with E-state index in [4.69, 9.17) is 0 Å². The number of likely N-dealkylation sites (tertiary alicyclic amines) is 1. The number of benzene rings is 1. The van der Waals surface area contributed by atoms with E-state index in [2.05, 4.69) is 20.3 Å². The van der Waals surface area contributed by atoms with E-state index in [0.717, 1.165) is 54.6 Å². The highest BCUT2D eigenvalue weighted by molar-refractivity contribution is 7.13. The molecule has 148 valence electrons. The van der Waals surface area contributed by atoms with Crippen LogP contribution >= 0.6 is 11.3 Å². The molecular weight excluding hydrogens is 382 g/mol. The van der Waals surface area contributed by atoms with Crippen molar-refractivity contribution in [2.45, 2.75) is 19.3 Å². The van der Waals surface area contributed by atoms with Crippen LogP contribution in [0.15, 0.2) is 60.4 Å². The maximum atomic E-state index is 12.6. The second-order valence-corrected chi connectivity index (χ2v) is 7.99. The van der Waals surface area contributed by atoms with Crippen LogP contribution in [0.4, 0.5) is 10.9 Å². The lowest BCUT2D eigenvalue weighted by atomic mass is 9.93. The lowest BCUT2D eigenvalue weighted by Crippen LogP contribution is -2.39. The van der Waals surface area contributed by atoms with Gasteiger partial charge in [-0.2, -0.15) is 0 Å². The fraction of sp³-hybridized carbons (Fsp3) is 0.273. The molecule has 1 amide bonds. The second kappa shape index (κ2) is 9.43. The Morgan fingerprint density at radius 2 is 2.14 bits per heavy atom. The average molecular weight is 406 g/mol. The number of anilines is 2. The zero-order chi connectivity index (χ0) is 19.9. The van der Waals surface area contributed by atoms with Crippen molar-refractivity contribution in [2.75, 3.05) is 18.4 Å². The summed E-state index contributed by atoms with van der Waals surface area (Å²) in [4.78, 5) is 27.5. The van der Waals surface area contributed by atoms with Crippen molar-refractivity contribution >= 4 is 34.3 Å². The monoisotopic (exact) mass is 405 g/mol. The fourth-order valence-corrected chi connectivity index (χ4v) is 4.07. The molecule has 1 unspecified atom stereocenters. The summed E-state index contributed by atoms with van der Waals surface area (Å²) in [5.74, 6) is 1.23. The largest absolute Gasteiger partial charge is 0.339 e. The predicted octanol–water partition coefficient (Wildman–Crippen LogP) is 4.17. The summed E-state index contributed by atoms with van der Waals surface area (Å²) in [5, 5.41) is 5.94. The molecule has 0 saturated carbocycles. The Hall–Kier alpha value is -3.06. The number of nitrogens with zero attached hydrogens (tertiary/aromatic N) is 4. The smallest absolute Gasteiger partial charge is 0.246 e. The van der Waals surface area contributed by atoms with Crippen LogP contribution in [0.1, 0.15) is 24.1 Å². The third-order valence-corrected chi connectivity index (χ3v) is 5.63. The molecule has 1 atom stereocenters. The first kappa shape index (κ1) is 19.3. The Morgan fingerprint density at radius 3 is 2.97 bits per heavy atom. The molecule has 0 radical (unpaired) electrons. The Morgan fingerprint density at radius 1 is 1.24 bits per heavy atom. The van der Waals surface area contributed by atoms with Gasteiger partial charge in [-0.1, -0.05) is 30.3 Å². The highest BCUT2D eigenvalue weighted by atomic mass is 32.1. The first-order valence-corrected chi connectivity index (χ1v) is 10.6. The molecule has 29 heavy (non-hydrogen) atoms. The molecule has 0 bridgehead atoms. The Kier molecular flexibility index (Phi) is 6.26. The van der Waals surface area contributed by atoms with Gasteiger partial charge in [-0.3, -0.25) is 4.79 Å². The van der Waals surface area contributed by atoms with Gasteiger partial charge in [0.15, 0.2) is 5.13 Å². The van der Waals surface area contributed by atoms with E-state index in [0.29, 0.717) is 5.92 Å². The molecule has 0 spiro atoms. The highest BCUT2D eigenvalue weighted by Gasteiger charge is 2.23. The van der Waals surface area contributed by atoms with E-state index in [-0.39, 0.29) is 5.91 Å². The van der Waals surface area contributed by atoms with E-state index < -0.39 is 0 Å². The fourth-order valence-electron chi connectivity index (χ4n) is 3.54. The quantitative estimate of drug-likeness (QED) is 0.623. The van der Waals surface area contributed by atoms with E-state index >= 15 is 0 Å². The van der Waals surface area contributed by atoms with Crippen molar-refractivity contribution in [3.8, 4) is 0 Å². The molecular formula is C22H23N5OS. The van der Waals surface area contributed by atoms with E-state index in [9.17, 15) is 4.79 Å². The van der Waals surface area contributed by atoms with E-state index in [1.807, 2.05) is 52.8 Å². The second-order valence-electron chi connectivity index (χ2n) is 7.10. The van der Waals surface area contributed by atoms with Gasteiger partial charge in [0, 0.05) is 42.5 Å². The summed E-state index contributed by atoms with van der Waals surface area (Å²) < 4.78 is 0. The molecule has 6 nitrogen and oxygen atoms in total. The van der Waals surface area contributed by atoms with Crippen LogP contribution in [0.3, 0.4) is 0 Å². The summed E-state index contributed by atoms with van der Waals surface area (Å²) >= 11 is 1.53. The lowest BCUT2D eigenvalue weighted by molar-refractivity contribution is -0.127. The third-order valence-electron chi connectivity index (χ3n) is 4.94. The summed E-state index contributed by atoms with van der Waals surface area (Å²) in [6.07, 6.45) is 9.86. The van der Waals surface area contributed by atoms with Crippen molar-refractivity contribution in [3.05, 3.63) is 71.6 Å². The average Bonchev–Trinajstić information content (AvgIpc) is 3.26. The minimum atomic E-state index is 0.0763. The number of carbonyl (C=O) groups excluding carboxylic acids is 1. The number of rotatable bonds is 6. The zero-order valence-electron chi connectivity index (χ0n) is 16.1. The maximum absolute atomic E-state index is 12.6. The summed E-state index contributed by atoms with van der Waals surface area (Å²) in [6.45, 7) is 1.58. The number of hydrogen-bond donors (Lipinski definition) is 1. The Bertz CT molecular complexity index is 958. The standard InChI is InChI=1S/C22H23N5OS/c28-21(9-8-17-5-2-1-3-6-17)27-11-4-7-18(15-27)13-19-14-20(25-16-24-19)26-22-23-10-12-29-22/h1-3,5-6,8-10,12,14,16,18H,4,7,11,13,15H2,(H,23,24,25,26)/b9-8+. The normalized spacial score (nSPS) is 16.8. The van der Waals surface area contributed by atoms with Crippen molar-refractivity contribution < 1.29 is 4.79 Å². The van der Waals surface area contributed by atoms with Crippen LogP contribution in [0, 0.1) is 5.92 Å². The summed E-state index contributed by atoms with van der Waals surface area (Å²) in [5.41, 5.74) is 2.02. The SMILES string of the molecule is O=C(/C=C/c1ccccc1)N1CCCC(Cc2cc(Nc3nccs3)ncn2)C1. The number of hydrogen-bond acceptors (Lipinski definition) is 6. The molecule has 1 aliphatic rings. The number of aromatic nitrogens is 3. The van der Waals surface area contributed by atoms with Gasteiger partial charge in [0.1, 0.15) is 12.1 Å². The van der Waals surface area contributed by atoms with Crippen LogP contribution in [-0.4, -0.2) is 38.8 Å². The van der Waals surface area contributed by atoms with Gasteiger partial charge < -0.3 is 10.2 Å². The Balaban J connectivity index is 1.35. The van der Waals surface area contributed by atoms with Crippen LogP contribution in [-0.2, 0) is 11.2 Å². The molecule has 0 aliphatic carbocycles. The van der Waals surface area contributed by atoms with Crippen LogP contribution in [0.5, 0.6) is 0 Å². The number of nitrogens with one attached hydrogen (secondary N) is 1. The van der Waals surface area contributed by atoms with Crippen molar-refractivity contribution in [1.29, 1.82) is 0 Å². The van der Waals surface area contributed by atoms with Gasteiger partial charge >= 0.3 is 0 Å². The molecule has 1 saturated heterocycles. The van der Waals surface area contributed by atoms with Gasteiger partial charge in [0.2, 0.25) is 5.91 Å². The molecule has 4 rings (SSSR count). The first-order valence-electron chi connectivity index (χ1n) is 9.76. The Labute approximate surface area is 174 Å². The number of piperidine rings is 1. The van der Waals surface area contributed by atoms with Gasteiger partial charge in [-0.15, -0.1) is 11.3 Å². The molecule has 2 aromatic heterocycles. The van der Waals surface area contributed by atoms with Crippen molar-refractivity contribution in [1.82, 2.24) is 19.9 Å². The van der Waals surface area contributed by atoms with Gasteiger partial charge in [-0.25, -0.2) is 15.0 Å². The van der Waals surface area contributed by atoms with Gasteiger partial charge in [0.05, 0.1) is 0 Å². The zero-order valence-corrected chi connectivity index (χ0v) is 16.9. The van der Waals surface area contributed by atoms with Crippen molar-refractivity contribution in [3.63, 3.8) is 0 Å². The van der Waals surface area contributed by atoms with E-state index in [1.165, 1.54) is 11.3 Å². The third kappa shape index (κ3) is 5.48. The predicted molar refractivity (Wildman–Crippen MR) is 116 cm³/mol. The van der Waals surface area contributed by atoms with E-state index in [1.54, 1.807) is 18.6 Å². The molecule has 1 aliphatic heterocycles. The minimum Gasteiger partial charge on any atom is -0.339 e. The number of amides is 1. The molecule has 7 heteroatoms. The van der Waals surface area contributed by atoms with Crippen molar-refractivity contribution in [2.24, 2.45) is 5.92 Å². The van der Waals surface area contributed by atoms with Crippen LogP contribution in [0.2, 0.25) is 0 Å². The topological polar surface area (TPSA) is 71.0 Å². The first-order chi connectivity index (χ1) is 14.3. The molecule has 1 fully saturated rings. The molecule has 3 aromatic rings. The number of thiazole rings is 1. The van der Waals surface area contributed by atoms with Gasteiger partial charge in [0.25, 0.3) is 0 Å². The highest BCUT2D eigenvalue weighted by Crippen LogP contribution is 2.22. The molecule has 1 aromatic carbocycles. The minimum absolute atomic E-state index is 0.0763. The van der Waals surface area contributed by atoms with Crippen LogP contribution < -0.4 is 5.32 Å². The summed E-state index contributed by atoms with van der Waals surface area (Å²) in [6, 6.07) is 11.9. The van der Waals surface area contributed by atoms with Gasteiger partial charge in [-0.05, 0) is 36.8 Å².